The summed E-state index contributed by atoms with van der Waals surface area (Å²) in [5, 5.41) is 31.9. The molecule has 3 aliphatic heterocycles. The zero-order chi connectivity index (χ0) is 51.1. The first-order valence-electron chi connectivity index (χ1n) is 23.9. The molecule has 24 heteroatoms. The van der Waals surface area contributed by atoms with E-state index >= 15 is 0 Å². The summed E-state index contributed by atoms with van der Waals surface area (Å²) < 4.78 is 44.5. The summed E-state index contributed by atoms with van der Waals surface area (Å²) in [6.45, 7) is 9.62. The van der Waals surface area contributed by atoms with Gasteiger partial charge in [0.25, 0.3) is 12.3 Å². The minimum Gasteiger partial charge on any atom is -0.383 e. The predicted octanol–water partition coefficient (Wildman–Crippen LogP) is 5.99. The minimum atomic E-state index is -2.69. The number of rotatable bonds is 20. The van der Waals surface area contributed by atoms with Crippen LogP contribution in [-0.2, 0) is 50.3 Å². The van der Waals surface area contributed by atoms with E-state index in [0.717, 1.165) is 59.5 Å². The van der Waals surface area contributed by atoms with Gasteiger partial charge in [-0.25, -0.2) is 13.8 Å². The fourth-order valence-corrected chi connectivity index (χ4v) is 10.2. The number of nitro groups is 1. The first-order valence-corrected chi connectivity index (χ1v) is 24.8. The number of likely N-dealkylation sites (tertiary alicyclic amines) is 1. The third kappa shape index (κ3) is 12.2. The molecule has 0 aliphatic carbocycles. The average Bonchev–Trinajstić information content (AvgIpc) is 4.07. The lowest BCUT2D eigenvalue weighted by Crippen LogP contribution is -2.43. The average molecular weight is 1020 g/mol. The van der Waals surface area contributed by atoms with Crippen molar-refractivity contribution in [1.29, 1.82) is 0 Å². The molecule has 0 unspecified atom stereocenters. The minimum absolute atomic E-state index is 0.0232. The summed E-state index contributed by atoms with van der Waals surface area (Å²) in [7, 11) is 1.76. The zero-order valence-corrected chi connectivity index (χ0v) is 41.5. The van der Waals surface area contributed by atoms with Crippen LogP contribution < -0.4 is 26.2 Å². The highest BCUT2D eigenvalue weighted by molar-refractivity contribution is 7.19. The van der Waals surface area contributed by atoms with Crippen LogP contribution in [0.2, 0.25) is 0 Å². The number of piperidine rings is 1. The normalized spacial score (nSPS) is 15.0. The molecule has 0 atom stereocenters. The van der Waals surface area contributed by atoms with Gasteiger partial charge in [-0.3, -0.25) is 48.9 Å². The number of alkyl halides is 2. The number of anilines is 5. The summed E-state index contributed by atoms with van der Waals surface area (Å²) in [6.07, 6.45) is 4.40. The Morgan fingerprint density at radius 3 is 2.42 bits per heavy atom. The number of nitrogens with one attached hydrogen (secondary N) is 4. The van der Waals surface area contributed by atoms with Crippen LogP contribution in [0.5, 0.6) is 0 Å². The molecule has 1 saturated heterocycles. The van der Waals surface area contributed by atoms with E-state index in [-0.39, 0.29) is 62.9 Å². The van der Waals surface area contributed by atoms with E-state index in [9.17, 15) is 38.1 Å². The van der Waals surface area contributed by atoms with E-state index in [4.69, 9.17) is 14.6 Å². The summed E-state index contributed by atoms with van der Waals surface area (Å²) >= 11 is 0.744. The van der Waals surface area contributed by atoms with Crippen molar-refractivity contribution in [2.24, 2.45) is 7.05 Å². The topological polar surface area (TPSA) is 236 Å². The van der Waals surface area contributed by atoms with Gasteiger partial charge >= 0.3 is 5.00 Å². The molecule has 5 aromatic rings. The molecule has 4 N–H and O–H groups in total. The first kappa shape index (κ1) is 51.5. The lowest BCUT2D eigenvalue weighted by Gasteiger charge is -2.33. The van der Waals surface area contributed by atoms with Crippen LogP contribution >= 0.6 is 11.3 Å². The number of fused-ring (bicyclic) bond motifs is 2. The number of nitrogens with zero attached hydrogens (tertiary/aromatic N) is 9. The molecule has 21 nitrogen and oxygen atoms in total. The van der Waals surface area contributed by atoms with Crippen LogP contribution in [0.3, 0.4) is 0 Å². The third-order valence-corrected chi connectivity index (χ3v) is 13.9. The summed E-state index contributed by atoms with van der Waals surface area (Å²) in [5.74, 6) is -0.384. The Morgan fingerprint density at radius 2 is 1.74 bits per heavy atom. The van der Waals surface area contributed by atoms with Gasteiger partial charge in [-0.1, -0.05) is 0 Å². The number of aromatic nitrogens is 5. The Labute approximate surface area is 418 Å². The second-order valence-electron chi connectivity index (χ2n) is 18.0. The van der Waals surface area contributed by atoms with E-state index in [2.05, 4.69) is 45.8 Å². The van der Waals surface area contributed by atoms with Crippen molar-refractivity contribution in [3.8, 4) is 11.1 Å². The molecular formula is C48H59F2N13O8S. The van der Waals surface area contributed by atoms with Crippen LogP contribution in [0.15, 0.2) is 42.7 Å². The van der Waals surface area contributed by atoms with Gasteiger partial charge in [0, 0.05) is 107 Å². The number of hydrogen-bond acceptors (Lipinski definition) is 15. The maximum atomic E-state index is 14.7. The maximum Gasteiger partial charge on any atom is 0.348 e. The second-order valence-corrected chi connectivity index (χ2v) is 19.0. The monoisotopic (exact) mass is 1020 g/mol. The molecule has 0 bridgehead atoms. The highest BCUT2D eigenvalue weighted by Crippen LogP contribution is 2.44. The Hall–Kier alpha value is -6.89. The third-order valence-electron chi connectivity index (χ3n) is 12.9. The summed E-state index contributed by atoms with van der Waals surface area (Å²) in [4.78, 5) is 71.2. The number of carbonyl (C=O) groups excluding carboxylic acids is 4. The zero-order valence-electron chi connectivity index (χ0n) is 40.7. The van der Waals surface area contributed by atoms with E-state index in [1.807, 2.05) is 11.0 Å². The molecule has 2 aromatic carbocycles. The van der Waals surface area contributed by atoms with Gasteiger partial charge < -0.3 is 35.2 Å². The fourth-order valence-electron chi connectivity index (χ4n) is 9.43. The molecule has 4 amide bonds. The number of halogens is 2. The molecule has 72 heavy (non-hydrogen) atoms. The van der Waals surface area contributed by atoms with Crippen molar-refractivity contribution in [2.45, 2.75) is 71.9 Å². The highest BCUT2D eigenvalue weighted by Gasteiger charge is 2.35. The van der Waals surface area contributed by atoms with E-state index in [1.54, 1.807) is 49.2 Å². The molecule has 3 aromatic heterocycles. The Balaban J connectivity index is 0.766. The van der Waals surface area contributed by atoms with Gasteiger partial charge in [0.1, 0.15) is 5.69 Å². The fraction of sp³-hybridized carbons (Fsp3) is 0.479. The second kappa shape index (κ2) is 23.1. The predicted molar refractivity (Wildman–Crippen MR) is 266 cm³/mol. The molecule has 8 rings (SSSR count). The SMILES string of the molecule is CC(=O)Nc1cc(NCCOCCOCCNC(=O)CN2CCC(n3nc(N4CCCc5cc(-c6cnn(C)c6)c(C(F)F)cc54)c4c3CCN(C(C)=O)C4)CC2)ccc1C(=O)Nc1nc(C)c([N+](=O)[O-])s1. The van der Waals surface area contributed by atoms with Crippen molar-refractivity contribution in [3.05, 3.63) is 86.5 Å². The molecule has 6 heterocycles. The standard InChI is InChI=1S/C48H59F2N13O8S/c1-29-47(63(68)69)72-48(54-29)56-46(67)36-8-7-34(23-40(36)55-30(2)64)51-12-18-70-20-21-71-19-13-52-43(66)28-59-15-9-35(10-16-59)62-41-11-17-60(31(3)65)27-39(41)45(57-62)61-14-5-6-32-22-37(33-25-53-58(4)26-33)38(44(49)50)24-42(32)61/h7-8,22-26,35,44,51H,5-6,9-21,27-28H2,1-4H3,(H,52,66)(H,55,64)(H,54,56,67). The smallest absolute Gasteiger partial charge is 0.348 e. The van der Waals surface area contributed by atoms with Gasteiger partial charge in [0.15, 0.2) is 10.9 Å². The number of hydrogen-bond donors (Lipinski definition) is 4. The molecule has 0 spiro atoms. The van der Waals surface area contributed by atoms with Gasteiger partial charge in [0.2, 0.25) is 17.7 Å². The van der Waals surface area contributed by atoms with Crippen LogP contribution in [-0.4, -0.2) is 135 Å². The Morgan fingerprint density at radius 1 is 0.972 bits per heavy atom. The van der Waals surface area contributed by atoms with Crippen LogP contribution in [0, 0.1) is 17.0 Å². The lowest BCUT2D eigenvalue weighted by atomic mass is 9.92. The lowest BCUT2D eigenvalue weighted by molar-refractivity contribution is -0.380. The molecule has 384 valence electrons. The van der Waals surface area contributed by atoms with Crippen molar-refractivity contribution in [3.63, 3.8) is 0 Å². The van der Waals surface area contributed by atoms with E-state index in [0.29, 0.717) is 101 Å². The van der Waals surface area contributed by atoms with Gasteiger partial charge in [-0.05, 0) is 85.4 Å². The van der Waals surface area contributed by atoms with Gasteiger partial charge in [-0.15, -0.1) is 0 Å². The largest absolute Gasteiger partial charge is 0.383 e. The number of thiazole rings is 1. The quantitative estimate of drug-likeness (QED) is 0.0398. The van der Waals surface area contributed by atoms with Crippen LogP contribution in [0.25, 0.3) is 11.1 Å². The van der Waals surface area contributed by atoms with Crippen molar-refractivity contribution < 1.29 is 42.4 Å². The van der Waals surface area contributed by atoms with Crippen molar-refractivity contribution in [2.75, 3.05) is 93.1 Å². The van der Waals surface area contributed by atoms with E-state index < -0.39 is 17.3 Å². The summed E-state index contributed by atoms with van der Waals surface area (Å²) in [6, 6.07) is 8.35. The first-order chi connectivity index (χ1) is 34.6. The van der Waals surface area contributed by atoms with Gasteiger partial charge in [-0.2, -0.15) is 10.2 Å². The van der Waals surface area contributed by atoms with Gasteiger partial charge in [0.05, 0.1) is 67.9 Å². The Kier molecular flexibility index (Phi) is 16.5. The van der Waals surface area contributed by atoms with Crippen molar-refractivity contribution >= 4 is 68.0 Å². The highest BCUT2D eigenvalue weighted by atomic mass is 32.1. The van der Waals surface area contributed by atoms with Crippen LogP contribution in [0.4, 0.5) is 41.8 Å². The molecule has 0 saturated carbocycles. The number of ether oxygens (including phenoxy) is 2. The number of amides is 4. The van der Waals surface area contributed by atoms with E-state index in [1.165, 1.54) is 19.9 Å². The maximum absolute atomic E-state index is 14.7. The number of benzene rings is 2. The van der Waals surface area contributed by atoms with Crippen molar-refractivity contribution in [1.82, 2.24) is 39.7 Å². The molecule has 3 aliphatic rings. The van der Waals surface area contributed by atoms with Crippen LogP contribution in [0.1, 0.15) is 84.0 Å². The molecule has 0 radical (unpaired) electrons. The number of carbonyl (C=O) groups is 4. The Bertz CT molecular complexity index is 2810. The molecule has 1 fully saturated rings. The number of aryl methyl sites for hydroxylation is 3. The summed E-state index contributed by atoms with van der Waals surface area (Å²) in [5.41, 5.74) is 5.99. The molecular weight excluding hydrogens is 957 g/mol.